The molecule has 216 valence electrons. The molecule has 0 aliphatic carbocycles. The molecule has 1 N–H and O–H groups in total. The number of nitrogens with one attached hydrogen (secondary N) is 1. The summed E-state index contributed by atoms with van der Waals surface area (Å²) >= 11 is 3.50. The van der Waals surface area contributed by atoms with E-state index in [1.165, 1.54) is 5.56 Å². The molecule has 3 aromatic rings. The minimum absolute atomic E-state index is 0.0139. The van der Waals surface area contributed by atoms with E-state index in [1.807, 2.05) is 62.1 Å². The predicted molar refractivity (Wildman–Crippen MR) is 166 cm³/mol. The second-order valence-corrected chi connectivity index (χ2v) is 11.0. The number of ether oxygens (including phenoxy) is 1. The standard InChI is InChI=1S/C32H43BrN4O3/c1-5-7-18-36(23-29-13-9-19-35(29)22-27-14-16-28(33)17-15-27)30(38)24-37(20-10-21-40-6-2)32(39)34-31-25(3)11-8-12-26(31)4/h8-9,11-17,19H,5-7,10,18,20-24H2,1-4H3,(H,34,39). The van der Waals surface area contributed by atoms with Crippen LogP contribution in [0.15, 0.2) is 65.3 Å². The number of aryl methyl sites for hydroxylation is 2. The first-order valence-electron chi connectivity index (χ1n) is 14.2. The summed E-state index contributed by atoms with van der Waals surface area (Å²) in [6.07, 6.45) is 4.59. The van der Waals surface area contributed by atoms with Crippen LogP contribution in [0.3, 0.4) is 0 Å². The third-order valence-corrected chi connectivity index (χ3v) is 7.45. The molecule has 3 rings (SSSR count). The van der Waals surface area contributed by atoms with Crippen molar-refractivity contribution in [3.8, 4) is 0 Å². The number of urea groups is 1. The van der Waals surface area contributed by atoms with Crippen LogP contribution in [0.2, 0.25) is 0 Å². The first-order chi connectivity index (χ1) is 19.3. The first-order valence-corrected chi connectivity index (χ1v) is 15.0. The Hall–Kier alpha value is -3.10. The van der Waals surface area contributed by atoms with E-state index in [2.05, 4.69) is 57.1 Å². The van der Waals surface area contributed by atoms with Crippen LogP contribution >= 0.6 is 15.9 Å². The predicted octanol–water partition coefficient (Wildman–Crippen LogP) is 7.01. The van der Waals surface area contributed by atoms with Crippen molar-refractivity contribution in [1.82, 2.24) is 14.4 Å². The van der Waals surface area contributed by atoms with Gasteiger partial charge in [0.15, 0.2) is 0 Å². The Balaban J connectivity index is 1.75. The number of carbonyl (C=O) groups excluding carboxylic acids is 2. The van der Waals surface area contributed by atoms with Gasteiger partial charge in [0.25, 0.3) is 0 Å². The molecule has 0 aliphatic rings. The molecule has 0 saturated carbocycles. The van der Waals surface area contributed by atoms with Crippen LogP contribution in [0.4, 0.5) is 10.5 Å². The van der Waals surface area contributed by atoms with Crippen molar-refractivity contribution in [2.45, 2.75) is 60.0 Å². The summed E-state index contributed by atoms with van der Waals surface area (Å²) in [5.41, 5.74) is 5.03. The Morgan fingerprint density at radius 2 is 1.62 bits per heavy atom. The molecule has 40 heavy (non-hydrogen) atoms. The van der Waals surface area contributed by atoms with Crippen molar-refractivity contribution in [1.29, 1.82) is 0 Å². The first kappa shape index (κ1) is 31.4. The smallest absolute Gasteiger partial charge is 0.322 e. The average Bonchev–Trinajstić information content (AvgIpc) is 3.37. The highest BCUT2D eigenvalue weighted by Crippen LogP contribution is 2.20. The van der Waals surface area contributed by atoms with Gasteiger partial charge in [-0.25, -0.2) is 4.79 Å². The third kappa shape index (κ3) is 9.52. The van der Waals surface area contributed by atoms with E-state index < -0.39 is 0 Å². The van der Waals surface area contributed by atoms with Crippen molar-refractivity contribution in [2.24, 2.45) is 0 Å². The maximum absolute atomic E-state index is 13.7. The van der Waals surface area contributed by atoms with Crippen LogP contribution in [0.1, 0.15) is 55.5 Å². The molecule has 0 unspecified atom stereocenters. The number of rotatable bonds is 15. The van der Waals surface area contributed by atoms with E-state index in [1.54, 1.807) is 4.90 Å². The molecule has 7 nitrogen and oxygen atoms in total. The quantitative estimate of drug-likeness (QED) is 0.188. The Labute approximate surface area is 247 Å². The van der Waals surface area contributed by atoms with Gasteiger partial charge in [-0.2, -0.15) is 0 Å². The molecule has 0 bridgehead atoms. The van der Waals surface area contributed by atoms with Crippen molar-refractivity contribution in [3.05, 3.63) is 87.7 Å². The number of unbranched alkanes of at least 4 members (excludes halogenated alkanes) is 1. The highest BCUT2D eigenvalue weighted by atomic mass is 79.9. The van der Waals surface area contributed by atoms with E-state index in [0.717, 1.165) is 46.4 Å². The molecule has 0 atom stereocenters. The number of hydrogen-bond acceptors (Lipinski definition) is 3. The number of halogens is 1. The zero-order valence-corrected chi connectivity index (χ0v) is 25.9. The van der Waals surface area contributed by atoms with E-state index in [0.29, 0.717) is 39.3 Å². The maximum atomic E-state index is 13.7. The number of anilines is 1. The zero-order chi connectivity index (χ0) is 28.9. The van der Waals surface area contributed by atoms with Gasteiger partial charge in [-0.05, 0) is 74.6 Å². The normalized spacial score (nSPS) is 10.9. The lowest BCUT2D eigenvalue weighted by atomic mass is 10.1. The van der Waals surface area contributed by atoms with E-state index in [-0.39, 0.29) is 18.5 Å². The minimum Gasteiger partial charge on any atom is -0.382 e. The van der Waals surface area contributed by atoms with Gasteiger partial charge in [-0.1, -0.05) is 59.6 Å². The monoisotopic (exact) mass is 610 g/mol. The molecule has 8 heteroatoms. The van der Waals surface area contributed by atoms with Gasteiger partial charge in [-0.15, -0.1) is 0 Å². The second kappa shape index (κ2) is 16.2. The molecular weight excluding hydrogens is 568 g/mol. The number of amides is 3. The number of hydrogen-bond donors (Lipinski definition) is 1. The molecule has 0 fully saturated rings. The fourth-order valence-corrected chi connectivity index (χ4v) is 4.85. The van der Waals surface area contributed by atoms with Crippen LogP contribution < -0.4 is 5.32 Å². The average molecular weight is 612 g/mol. The molecule has 0 saturated heterocycles. The van der Waals surface area contributed by atoms with Crippen molar-refractivity contribution >= 4 is 33.6 Å². The Kier molecular flexibility index (Phi) is 12.8. The van der Waals surface area contributed by atoms with E-state index >= 15 is 0 Å². The van der Waals surface area contributed by atoms with Gasteiger partial charge in [0, 0.05) is 54.9 Å². The Morgan fingerprint density at radius 3 is 2.30 bits per heavy atom. The molecule has 1 heterocycles. The van der Waals surface area contributed by atoms with Crippen molar-refractivity contribution in [3.63, 3.8) is 0 Å². The van der Waals surface area contributed by atoms with Crippen LogP contribution in [-0.4, -0.2) is 59.2 Å². The third-order valence-electron chi connectivity index (χ3n) is 6.92. The van der Waals surface area contributed by atoms with Gasteiger partial charge in [0.05, 0.1) is 6.54 Å². The number of nitrogens with zero attached hydrogens (tertiary/aromatic N) is 3. The lowest BCUT2D eigenvalue weighted by Gasteiger charge is -2.29. The Morgan fingerprint density at radius 1 is 0.925 bits per heavy atom. The lowest BCUT2D eigenvalue weighted by molar-refractivity contribution is -0.132. The van der Waals surface area contributed by atoms with Crippen molar-refractivity contribution < 1.29 is 14.3 Å². The van der Waals surface area contributed by atoms with Crippen LogP contribution in [0.25, 0.3) is 0 Å². The summed E-state index contributed by atoms with van der Waals surface area (Å²) in [6.45, 7) is 11.5. The van der Waals surface area contributed by atoms with E-state index in [4.69, 9.17) is 4.74 Å². The maximum Gasteiger partial charge on any atom is 0.322 e. The summed E-state index contributed by atoms with van der Waals surface area (Å²) in [5.74, 6) is -0.0575. The summed E-state index contributed by atoms with van der Waals surface area (Å²) in [7, 11) is 0. The van der Waals surface area contributed by atoms with E-state index in [9.17, 15) is 9.59 Å². The SMILES string of the molecule is CCCCN(Cc1cccn1Cc1ccc(Br)cc1)C(=O)CN(CCCOCC)C(=O)Nc1c(C)cccc1C. The van der Waals surface area contributed by atoms with Gasteiger partial charge in [0.2, 0.25) is 5.91 Å². The summed E-state index contributed by atoms with van der Waals surface area (Å²) < 4.78 is 8.74. The summed E-state index contributed by atoms with van der Waals surface area (Å²) in [4.78, 5) is 30.7. The summed E-state index contributed by atoms with van der Waals surface area (Å²) in [5, 5.41) is 3.06. The molecule has 0 aliphatic heterocycles. The molecular formula is C32H43BrN4O3. The largest absolute Gasteiger partial charge is 0.382 e. The second-order valence-electron chi connectivity index (χ2n) is 10.1. The lowest BCUT2D eigenvalue weighted by Crippen LogP contribution is -2.45. The fraction of sp³-hybridized carbons (Fsp3) is 0.438. The molecule has 0 spiro atoms. The highest BCUT2D eigenvalue weighted by molar-refractivity contribution is 9.10. The Bertz CT molecular complexity index is 1200. The minimum atomic E-state index is -0.267. The number of benzene rings is 2. The number of para-hydroxylation sites is 1. The van der Waals surface area contributed by atoms with Gasteiger partial charge < -0.3 is 24.4 Å². The fourth-order valence-electron chi connectivity index (χ4n) is 4.59. The van der Waals surface area contributed by atoms with Gasteiger partial charge >= 0.3 is 6.03 Å². The zero-order valence-electron chi connectivity index (χ0n) is 24.3. The molecule has 0 radical (unpaired) electrons. The van der Waals surface area contributed by atoms with Gasteiger partial charge in [0.1, 0.15) is 6.54 Å². The van der Waals surface area contributed by atoms with Crippen molar-refractivity contribution in [2.75, 3.05) is 38.2 Å². The molecule has 2 aromatic carbocycles. The van der Waals surface area contributed by atoms with Crippen LogP contribution in [-0.2, 0) is 22.6 Å². The van der Waals surface area contributed by atoms with Crippen LogP contribution in [0, 0.1) is 13.8 Å². The molecule has 1 aromatic heterocycles. The van der Waals surface area contributed by atoms with Gasteiger partial charge in [-0.3, -0.25) is 4.79 Å². The number of aromatic nitrogens is 1. The topological polar surface area (TPSA) is 66.8 Å². The van der Waals surface area contributed by atoms with Crippen LogP contribution in [0.5, 0.6) is 0 Å². The molecule has 3 amide bonds. The summed E-state index contributed by atoms with van der Waals surface area (Å²) in [6, 6.07) is 18.0. The number of carbonyl (C=O) groups is 2. The highest BCUT2D eigenvalue weighted by Gasteiger charge is 2.23.